The number of aromatic nitrogens is 1. The Morgan fingerprint density at radius 3 is 2.49 bits per heavy atom. The highest BCUT2D eigenvalue weighted by Gasteiger charge is 2.31. The number of ether oxygens (including phenoxy) is 1. The third-order valence-corrected chi connectivity index (χ3v) is 7.75. The topological polar surface area (TPSA) is 81.5 Å². The van der Waals surface area contributed by atoms with E-state index < -0.39 is 6.36 Å². The molecule has 2 heterocycles. The van der Waals surface area contributed by atoms with Gasteiger partial charge in [-0.3, -0.25) is 4.90 Å². The smallest absolute Gasteiger partial charge is 0.406 e. The summed E-state index contributed by atoms with van der Waals surface area (Å²) in [7, 11) is 0. The first-order chi connectivity index (χ1) is 19.7. The third-order valence-electron chi connectivity index (χ3n) is 7.75. The molecule has 1 aliphatic rings. The largest absolute Gasteiger partial charge is 0.573 e. The molecule has 6 nitrogen and oxygen atoms in total. The summed E-state index contributed by atoms with van der Waals surface area (Å²) in [6.45, 7) is 6.36. The molecule has 3 aromatic carbocycles. The molecule has 1 aliphatic heterocycles. The van der Waals surface area contributed by atoms with E-state index in [4.69, 9.17) is 11.5 Å². The van der Waals surface area contributed by atoms with E-state index in [1.54, 1.807) is 6.07 Å². The first-order valence-corrected chi connectivity index (χ1v) is 14.2. The van der Waals surface area contributed by atoms with Crippen LogP contribution in [0.15, 0.2) is 66.9 Å². The number of hydrogen-bond donors (Lipinski definition) is 3. The van der Waals surface area contributed by atoms with Crippen molar-refractivity contribution in [3.8, 4) is 16.9 Å². The van der Waals surface area contributed by atoms with Crippen molar-refractivity contribution in [2.75, 3.05) is 25.0 Å². The van der Waals surface area contributed by atoms with Crippen LogP contribution < -0.4 is 21.5 Å². The fourth-order valence-corrected chi connectivity index (χ4v) is 5.77. The molecule has 0 bridgehead atoms. The minimum atomic E-state index is -4.76. The predicted molar refractivity (Wildman–Crippen MR) is 159 cm³/mol. The summed E-state index contributed by atoms with van der Waals surface area (Å²) in [6, 6.07) is 19.9. The van der Waals surface area contributed by atoms with E-state index in [0.717, 1.165) is 67.5 Å². The highest BCUT2D eigenvalue weighted by molar-refractivity contribution is 5.97. The molecule has 0 radical (unpaired) electrons. The number of piperidine rings is 1. The van der Waals surface area contributed by atoms with Crippen molar-refractivity contribution in [1.29, 1.82) is 0 Å². The molecule has 218 valence electrons. The van der Waals surface area contributed by atoms with Crippen molar-refractivity contribution >= 4 is 16.6 Å². The van der Waals surface area contributed by atoms with Gasteiger partial charge in [0.2, 0.25) is 0 Å². The second kappa shape index (κ2) is 12.5. The highest BCUT2D eigenvalue weighted by atomic mass is 19.4. The van der Waals surface area contributed by atoms with E-state index in [2.05, 4.69) is 75.1 Å². The number of nitrogens with two attached hydrogens (primary N) is 2. The Morgan fingerprint density at radius 1 is 0.976 bits per heavy atom. The van der Waals surface area contributed by atoms with Crippen molar-refractivity contribution in [2.45, 2.75) is 58.2 Å². The summed E-state index contributed by atoms with van der Waals surface area (Å²) in [5, 5.41) is 4.73. The Labute approximate surface area is 239 Å². The third kappa shape index (κ3) is 7.22. The van der Waals surface area contributed by atoms with Crippen molar-refractivity contribution in [3.05, 3.63) is 83.6 Å². The summed E-state index contributed by atoms with van der Waals surface area (Å²) in [4.78, 5) is 2.48. The molecule has 9 heteroatoms. The van der Waals surface area contributed by atoms with Gasteiger partial charge in [-0.05, 0) is 91.4 Å². The van der Waals surface area contributed by atoms with Crippen LogP contribution in [0.3, 0.4) is 0 Å². The maximum absolute atomic E-state index is 12.8. The van der Waals surface area contributed by atoms with Gasteiger partial charge < -0.3 is 26.1 Å². The number of rotatable bonds is 10. The fraction of sp³-hybridized carbons (Fsp3) is 0.375. The Kier molecular flexibility index (Phi) is 8.87. The Morgan fingerprint density at radius 2 is 1.78 bits per heavy atom. The van der Waals surface area contributed by atoms with Gasteiger partial charge in [0, 0.05) is 67.1 Å². The molecule has 0 unspecified atom stereocenters. The number of likely N-dealkylation sites (tertiary alicyclic amines) is 1. The quantitative estimate of drug-likeness (QED) is 0.207. The molecular formula is C32H38F3N5O. The average molecular weight is 566 g/mol. The van der Waals surface area contributed by atoms with Crippen molar-refractivity contribution in [1.82, 2.24) is 9.47 Å². The number of aryl methyl sites for hydroxylation is 2. The molecule has 0 saturated carbocycles. The second-order valence-corrected chi connectivity index (χ2v) is 10.9. The van der Waals surface area contributed by atoms with Gasteiger partial charge in [-0.15, -0.1) is 13.2 Å². The fourth-order valence-electron chi connectivity index (χ4n) is 5.77. The lowest BCUT2D eigenvalue weighted by molar-refractivity contribution is -0.274. The zero-order chi connectivity index (χ0) is 29.0. The Hall–Kier alpha value is -3.53. The number of nitrogens with one attached hydrogen (secondary N) is 1. The standard InChI is InChI=1S/C32H38F3N5O/c1-22-4-2-5-26(16-22)38-25-10-14-39(15-11-25)20-23-6-9-31-29(17-23)30(21-40(31)13-3-12-36)28-8-7-27(18-24(28)19-37)41-32(33,34)35/h2,4-9,16-18,21,25,38H,3,10-15,19-20,36-37H2,1H3. The summed E-state index contributed by atoms with van der Waals surface area (Å²) in [5.74, 6) is -0.269. The molecule has 0 atom stereocenters. The molecule has 4 aromatic rings. The molecule has 0 aliphatic carbocycles. The monoisotopic (exact) mass is 565 g/mol. The molecule has 1 aromatic heterocycles. The maximum Gasteiger partial charge on any atom is 0.573 e. The van der Waals surface area contributed by atoms with Crippen molar-refractivity contribution in [3.63, 3.8) is 0 Å². The first kappa shape index (κ1) is 29.0. The molecule has 41 heavy (non-hydrogen) atoms. The van der Waals surface area contributed by atoms with Crippen LogP contribution in [0, 0.1) is 6.92 Å². The van der Waals surface area contributed by atoms with E-state index in [0.29, 0.717) is 18.2 Å². The molecule has 5 rings (SSSR count). The summed E-state index contributed by atoms with van der Waals surface area (Å²) < 4.78 is 44.8. The van der Waals surface area contributed by atoms with Crippen LogP contribution >= 0.6 is 0 Å². The number of fused-ring (bicyclic) bond motifs is 1. The van der Waals surface area contributed by atoms with Gasteiger partial charge in [0.25, 0.3) is 0 Å². The van der Waals surface area contributed by atoms with E-state index >= 15 is 0 Å². The van der Waals surface area contributed by atoms with Gasteiger partial charge in [0.15, 0.2) is 0 Å². The van der Waals surface area contributed by atoms with Crippen LogP contribution in [0.4, 0.5) is 18.9 Å². The number of halogens is 3. The summed E-state index contributed by atoms with van der Waals surface area (Å²) >= 11 is 0. The second-order valence-electron chi connectivity index (χ2n) is 10.9. The Bertz CT molecular complexity index is 1470. The van der Waals surface area contributed by atoms with Gasteiger partial charge >= 0.3 is 6.36 Å². The lowest BCUT2D eigenvalue weighted by atomic mass is 9.97. The number of anilines is 1. The molecule has 1 fully saturated rings. The molecule has 1 saturated heterocycles. The summed E-state index contributed by atoms with van der Waals surface area (Å²) in [5.41, 5.74) is 18.8. The van der Waals surface area contributed by atoms with E-state index in [-0.39, 0.29) is 12.3 Å². The lowest BCUT2D eigenvalue weighted by Gasteiger charge is -2.33. The van der Waals surface area contributed by atoms with Gasteiger partial charge in [-0.1, -0.05) is 24.3 Å². The summed E-state index contributed by atoms with van der Waals surface area (Å²) in [6.07, 6.45) is 0.266. The molecule has 5 N–H and O–H groups in total. The van der Waals surface area contributed by atoms with Gasteiger partial charge in [0.1, 0.15) is 5.75 Å². The van der Waals surface area contributed by atoms with Crippen LogP contribution in [-0.2, 0) is 19.6 Å². The minimum Gasteiger partial charge on any atom is -0.406 e. The van der Waals surface area contributed by atoms with Crippen LogP contribution in [0.5, 0.6) is 5.75 Å². The van der Waals surface area contributed by atoms with E-state index in [1.165, 1.54) is 28.9 Å². The maximum atomic E-state index is 12.8. The number of hydrogen-bond acceptors (Lipinski definition) is 5. The van der Waals surface area contributed by atoms with E-state index in [1.807, 2.05) is 0 Å². The Balaban J connectivity index is 1.37. The first-order valence-electron chi connectivity index (χ1n) is 14.2. The van der Waals surface area contributed by atoms with Gasteiger partial charge in [0.05, 0.1) is 0 Å². The van der Waals surface area contributed by atoms with Crippen LogP contribution in [0.2, 0.25) is 0 Å². The number of nitrogens with zero attached hydrogens (tertiary/aromatic N) is 2. The van der Waals surface area contributed by atoms with Crippen LogP contribution in [0.1, 0.15) is 36.0 Å². The molecular weight excluding hydrogens is 527 g/mol. The zero-order valence-electron chi connectivity index (χ0n) is 23.4. The van der Waals surface area contributed by atoms with Gasteiger partial charge in [-0.2, -0.15) is 0 Å². The number of benzene rings is 3. The highest BCUT2D eigenvalue weighted by Crippen LogP contribution is 2.36. The van der Waals surface area contributed by atoms with Crippen LogP contribution in [-0.4, -0.2) is 41.5 Å². The molecule has 0 amide bonds. The minimum absolute atomic E-state index is 0.0884. The lowest BCUT2D eigenvalue weighted by Crippen LogP contribution is -2.38. The van der Waals surface area contributed by atoms with Gasteiger partial charge in [-0.25, -0.2) is 0 Å². The number of alkyl halides is 3. The van der Waals surface area contributed by atoms with Crippen molar-refractivity contribution in [2.24, 2.45) is 11.5 Å². The normalized spacial score (nSPS) is 15.0. The predicted octanol–water partition coefficient (Wildman–Crippen LogP) is 6.40. The SMILES string of the molecule is Cc1cccc(NC2CCN(Cc3ccc4c(c3)c(-c3ccc(OC(F)(F)F)cc3CN)cn4CCCN)CC2)c1. The van der Waals surface area contributed by atoms with E-state index in [9.17, 15) is 13.2 Å². The molecule has 0 spiro atoms. The van der Waals surface area contributed by atoms with Crippen LogP contribution in [0.25, 0.3) is 22.0 Å². The average Bonchev–Trinajstić information content (AvgIpc) is 3.29. The zero-order valence-corrected chi connectivity index (χ0v) is 23.4. The van der Waals surface area contributed by atoms with Crippen molar-refractivity contribution < 1.29 is 17.9 Å².